The highest BCUT2D eigenvalue weighted by Crippen LogP contribution is 2.30. The van der Waals surface area contributed by atoms with Gasteiger partial charge in [0, 0.05) is 25.7 Å². The van der Waals surface area contributed by atoms with Crippen LogP contribution in [-0.2, 0) is 14.9 Å². The first-order chi connectivity index (χ1) is 10.4. The van der Waals surface area contributed by atoms with Crippen LogP contribution in [0.4, 0.5) is 0 Å². The molecule has 22 heavy (non-hydrogen) atoms. The summed E-state index contributed by atoms with van der Waals surface area (Å²) in [4.78, 5) is 17.0. The van der Waals surface area contributed by atoms with Gasteiger partial charge in [-0.3, -0.25) is 9.63 Å². The fraction of sp³-hybridized carbons (Fsp3) is 0.500. The van der Waals surface area contributed by atoms with E-state index in [1.54, 1.807) is 0 Å². The SMILES string of the molecule is COc1ccc(C(=O)N(C)OC)cc1S(=O)(=O)N1CCCC1. The second-order valence-electron chi connectivity index (χ2n) is 4.96. The van der Waals surface area contributed by atoms with Crippen molar-refractivity contribution in [2.75, 3.05) is 34.4 Å². The van der Waals surface area contributed by atoms with E-state index in [1.165, 1.54) is 43.8 Å². The van der Waals surface area contributed by atoms with Crippen molar-refractivity contribution in [3.05, 3.63) is 23.8 Å². The van der Waals surface area contributed by atoms with Gasteiger partial charge >= 0.3 is 0 Å². The minimum atomic E-state index is -3.67. The van der Waals surface area contributed by atoms with Crippen LogP contribution in [0.3, 0.4) is 0 Å². The lowest BCUT2D eigenvalue weighted by atomic mass is 10.2. The summed E-state index contributed by atoms with van der Waals surface area (Å²) in [7, 11) is 0.555. The van der Waals surface area contributed by atoms with Crippen LogP contribution in [0.25, 0.3) is 0 Å². The number of carbonyl (C=O) groups excluding carboxylic acids is 1. The third-order valence-electron chi connectivity index (χ3n) is 3.65. The zero-order valence-electron chi connectivity index (χ0n) is 12.9. The summed E-state index contributed by atoms with van der Waals surface area (Å²) in [6.45, 7) is 0.975. The van der Waals surface area contributed by atoms with E-state index in [2.05, 4.69) is 0 Å². The number of carbonyl (C=O) groups is 1. The Morgan fingerprint density at radius 1 is 1.23 bits per heavy atom. The van der Waals surface area contributed by atoms with Gasteiger partial charge in [-0.1, -0.05) is 0 Å². The number of sulfonamides is 1. The Labute approximate surface area is 130 Å². The molecule has 0 bridgehead atoms. The number of hydroxylamine groups is 2. The number of hydrogen-bond acceptors (Lipinski definition) is 5. The van der Waals surface area contributed by atoms with Crippen molar-refractivity contribution < 1.29 is 22.8 Å². The van der Waals surface area contributed by atoms with Crippen LogP contribution >= 0.6 is 0 Å². The summed E-state index contributed by atoms with van der Waals surface area (Å²) in [6.07, 6.45) is 1.68. The molecule has 1 aliphatic rings. The van der Waals surface area contributed by atoms with Gasteiger partial charge in [-0.15, -0.1) is 0 Å². The molecule has 1 amide bonds. The molecule has 0 atom stereocenters. The Kier molecular flexibility index (Phi) is 5.05. The van der Waals surface area contributed by atoms with Gasteiger partial charge in [0.1, 0.15) is 10.6 Å². The number of rotatable bonds is 5. The largest absolute Gasteiger partial charge is 0.495 e. The number of hydrogen-bond donors (Lipinski definition) is 0. The van der Waals surface area contributed by atoms with E-state index in [1.807, 2.05) is 0 Å². The van der Waals surface area contributed by atoms with E-state index in [0.717, 1.165) is 17.9 Å². The predicted molar refractivity (Wildman–Crippen MR) is 80.1 cm³/mol. The quantitative estimate of drug-likeness (QED) is 0.757. The third-order valence-corrected chi connectivity index (χ3v) is 5.57. The van der Waals surface area contributed by atoms with Gasteiger partial charge in [0.2, 0.25) is 10.0 Å². The maximum Gasteiger partial charge on any atom is 0.277 e. The Hall–Kier alpha value is -1.64. The van der Waals surface area contributed by atoms with Gasteiger partial charge in [0.15, 0.2) is 0 Å². The Morgan fingerprint density at radius 3 is 2.41 bits per heavy atom. The molecule has 1 aliphatic heterocycles. The summed E-state index contributed by atoms with van der Waals surface area (Å²) in [5.74, 6) is -0.202. The van der Waals surface area contributed by atoms with Crippen LogP contribution in [0.1, 0.15) is 23.2 Å². The Bertz CT molecular complexity index is 653. The average Bonchev–Trinajstić information content (AvgIpc) is 3.08. The van der Waals surface area contributed by atoms with Crippen molar-refractivity contribution in [2.24, 2.45) is 0 Å². The molecule has 1 aromatic carbocycles. The first kappa shape index (κ1) is 16.7. The summed E-state index contributed by atoms with van der Waals surface area (Å²) in [5.41, 5.74) is 0.225. The summed E-state index contributed by atoms with van der Waals surface area (Å²) in [5, 5.41) is 1.04. The lowest BCUT2D eigenvalue weighted by Gasteiger charge is -2.19. The molecule has 1 aromatic rings. The zero-order valence-corrected chi connectivity index (χ0v) is 13.7. The minimum absolute atomic E-state index is 0.00672. The molecule has 0 unspecified atom stereocenters. The van der Waals surface area contributed by atoms with Gasteiger partial charge in [-0.2, -0.15) is 4.31 Å². The molecule has 1 heterocycles. The molecule has 0 radical (unpaired) electrons. The maximum atomic E-state index is 12.7. The van der Waals surface area contributed by atoms with Gasteiger partial charge < -0.3 is 4.74 Å². The first-order valence-corrected chi connectivity index (χ1v) is 8.36. The Balaban J connectivity index is 2.47. The highest BCUT2D eigenvalue weighted by Gasteiger charge is 2.31. The third kappa shape index (κ3) is 3.08. The molecule has 1 fully saturated rings. The van der Waals surface area contributed by atoms with E-state index in [9.17, 15) is 13.2 Å². The van der Waals surface area contributed by atoms with Gasteiger partial charge in [-0.05, 0) is 31.0 Å². The van der Waals surface area contributed by atoms with Crippen LogP contribution in [0.5, 0.6) is 5.75 Å². The summed E-state index contributed by atoms with van der Waals surface area (Å²) in [6, 6.07) is 4.34. The smallest absolute Gasteiger partial charge is 0.277 e. The number of benzene rings is 1. The second kappa shape index (κ2) is 6.64. The molecule has 0 aromatic heterocycles. The standard InChI is InChI=1S/C14H20N2O5S/c1-15(21-3)14(17)11-6-7-12(20-2)13(10-11)22(18,19)16-8-4-5-9-16/h6-7,10H,4-5,8-9H2,1-3H3. The van der Waals surface area contributed by atoms with E-state index in [4.69, 9.17) is 9.57 Å². The molecule has 8 heteroatoms. The lowest BCUT2D eigenvalue weighted by molar-refractivity contribution is -0.0757. The summed E-state index contributed by atoms with van der Waals surface area (Å²) < 4.78 is 32.0. The zero-order chi connectivity index (χ0) is 16.3. The number of amides is 1. The monoisotopic (exact) mass is 328 g/mol. The fourth-order valence-electron chi connectivity index (χ4n) is 2.34. The van der Waals surface area contributed by atoms with Gasteiger partial charge in [-0.25, -0.2) is 13.5 Å². The maximum absolute atomic E-state index is 12.7. The lowest BCUT2D eigenvalue weighted by Crippen LogP contribution is -2.29. The van der Waals surface area contributed by atoms with Crippen molar-refractivity contribution in [2.45, 2.75) is 17.7 Å². The van der Waals surface area contributed by atoms with Crippen LogP contribution in [0, 0.1) is 0 Å². The second-order valence-corrected chi connectivity index (χ2v) is 6.87. The number of nitrogens with zero attached hydrogens (tertiary/aromatic N) is 2. The molecule has 1 saturated heterocycles. The van der Waals surface area contributed by atoms with Crippen molar-refractivity contribution in [3.8, 4) is 5.75 Å². The topological polar surface area (TPSA) is 76.1 Å². The number of ether oxygens (including phenoxy) is 1. The molecule has 122 valence electrons. The minimum Gasteiger partial charge on any atom is -0.495 e. The first-order valence-electron chi connectivity index (χ1n) is 6.92. The number of methoxy groups -OCH3 is 1. The molecular weight excluding hydrogens is 308 g/mol. The van der Waals surface area contributed by atoms with E-state index in [0.29, 0.717) is 13.1 Å². The highest BCUT2D eigenvalue weighted by atomic mass is 32.2. The molecule has 0 saturated carbocycles. The van der Waals surface area contributed by atoms with Gasteiger partial charge in [0.25, 0.3) is 5.91 Å². The predicted octanol–water partition coefficient (Wildman–Crippen LogP) is 1.11. The van der Waals surface area contributed by atoms with Crippen LogP contribution in [0.2, 0.25) is 0 Å². The average molecular weight is 328 g/mol. The fourth-order valence-corrected chi connectivity index (χ4v) is 4.04. The van der Waals surface area contributed by atoms with Crippen LogP contribution < -0.4 is 4.74 Å². The van der Waals surface area contributed by atoms with Crippen molar-refractivity contribution in [1.82, 2.24) is 9.37 Å². The van der Waals surface area contributed by atoms with Gasteiger partial charge in [0.05, 0.1) is 14.2 Å². The van der Waals surface area contributed by atoms with Crippen molar-refractivity contribution in [1.29, 1.82) is 0 Å². The molecule has 0 aliphatic carbocycles. The van der Waals surface area contributed by atoms with Crippen LogP contribution in [-0.4, -0.2) is 58.1 Å². The molecule has 2 rings (SSSR count). The van der Waals surface area contributed by atoms with E-state index >= 15 is 0 Å². The molecular formula is C14H20N2O5S. The normalized spacial score (nSPS) is 15.8. The van der Waals surface area contributed by atoms with Crippen molar-refractivity contribution in [3.63, 3.8) is 0 Å². The highest BCUT2D eigenvalue weighted by molar-refractivity contribution is 7.89. The van der Waals surface area contributed by atoms with E-state index < -0.39 is 15.9 Å². The van der Waals surface area contributed by atoms with Crippen LogP contribution in [0.15, 0.2) is 23.1 Å². The molecule has 7 nitrogen and oxygen atoms in total. The molecule has 0 N–H and O–H groups in total. The van der Waals surface area contributed by atoms with E-state index in [-0.39, 0.29) is 16.2 Å². The van der Waals surface area contributed by atoms with Crippen molar-refractivity contribution >= 4 is 15.9 Å². The summed E-state index contributed by atoms with van der Waals surface area (Å²) >= 11 is 0. The molecule has 0 spiro atoms. The Morgan fingerprint density at radius 2 is 1.86 bits per heavy atom.